The molecule has 0 aliphatic carbocycles. The zero-order valence-electron chi connectivity index (χ0n) is 15.6. The third kappa shape index (κ3) is 3.70. The normalized spacial score (nSPS) is 21.0. The zero-order valence-corrected chi connectivity index (χ0v) is 17.2. The molecule has 0 spiro atoms. The maximum Gasteiger partial charge on any atom is 0.305 e. The van der Waals surface area contributed by atoms with E-state index in [0.717, 1.165) is 21.7 Å². The summed E-state index contributed by atoms with van der Waals surface area (Å²) in [5.41, 5.74) is 2.67. The van der Waals surface area contributed by atoms with Crippen molar-refractivity contribution in [3.63, 3.8) is 0 Å². The Kier molecular flexibility index (Phi) is 5.23. The summed E-state index contributed by atoms with van der Waals surface area (Å²) in [4.78, 5) is 21.4. The van der Waals surface area contributed by atoms with Crippen molar-refractivity contribution >= 4 is 27.1 Å². The third-order valence-electron chi connectivity index (χ3n) is 5.36. The predicted octanol–water partition coefficient (Wildman–Crippen LogP) is 4.14. The molecule has 0 unspecified atom stereocenters. The number of carbonyl (C=O) groups is 1. The van der Waals surface area contributed by atoms with E-state index in [4.69, 9.17) is 0 Å². The van der Waals surface area contributed by atoms with Gasteiger partial charge in [-0.05, 0) is 30.5 Å². The molecule has 0 saturated carbocycles. The van der Waals surface area contributed by atoms with E-state index in [0.29, 0.717) is 24.1 Å². The van der Waals surface area contributed by atoms with Gasteiger partial charge in [-0.15, -0.1) is 11.3 Å². The molecule has 0 radical (unpaired) electrons. The van der Waals surface area contributed by atoms with Crippen LogP contribution in [-0.2, 0) is 19.4 Å². The summed E-state index contributed by atoms with van der Waals surface area (Å²) >= 11 is 1.37. The van der Waals surface area contributed by atoms with Crippen molar-refractivity contribution in [2.75, 3.05) is 5.75 Å². The standard InChI is InChI=1S/C21H20N2O4S2/c24-20(25)13-21(9-1-2-12-29(21,26)27)19-8-7-18(28-19)16-5-3-15(4-6-16)17-14-22-10-11-23-17/h3-8,10-11,14H,1-2,9,12-13H2,(H,24,25)/t21-/m0/s1. The maximum absolute atomic E-state index is 12.9. The number of aromatic nitrogens is 2. The van der Waals surface area contributed by atoms with Gasteiger partial charge in [0.1, 0.15) is 4.75 Å². The molecule has 1 aliphatic rings. The first-order valence-corrected chi connectivity index (χ1v) is 11.8. The number of aliphatic carboxylic acids is 1. The number of carboxylic acid groups (broad SMARTS) is 1. The first-order valence-electron chi connectivity index (χ1n) is 9.33. The maximum atomic E-state index is 12.9. The van der Waals surface area contributed by atoms with Crippen LogP contribution in [0.1, 0.15) is 30.6 Å². The molecule has 29 heavy (non-hydrogen) atoms. The summed E-state index contributed by atoms with van der Waals surface area (Å²) in [7, 11) is -3.53. The summed E-state index contributed by atoms with van der Waals surface area (Å²) in [6, 6.07) is 11.5. The molecular weight excluding hydrogens is 408 g/mol. The minimum atomic E-state index is -3.53. The van der Waals surface area contributed by atoms with E-state index in [1.165, 1.54) is 11.3 Å². The summed E-state index contributed by atoms with van der Waals surface area (Å²) < 4.78 is 24.5. The van der Waals surface area contributed by atoms with Crippen LogP contribution in [0.5, 0.6) is 0 Å². The van der Waals surface area contributed by atoms with Crippen molar-refractivity contribution in [2.24, 2.45) is 0 Å². The Labute approximate surface area is 173 Å². The van der Waals surface area contributed by atoms with Gasteiger partial charge in [0.15, 0.2) is 9.84 Å². The molecule has 1 saturated heterocycles. The summed E-state index contributed by atoms with van der Waals surface area (Å²) in [5.74, 6) is -1.04. The van der Waals surface area contributed by atoms with Crippen LogP contribution in [0, 0.1) is 0 Å². The lowest BCUT2D eigenvalue weighted by Crippen LogP contribution is -2.41. The smallest absolute Gasteiger partial charge is 0.305 e. The minimum Gasteiger partial charge on any atom is -0.481 e. The highest BCUT2D eigenvalue weighted by Crippen LogP contribution is 2.47. The van der Waals surface area contributed by atoms with Crippen LogP contribution in [0.3, 0.4) is 0 Å². The van der Waals surface area contributed by atoms with E-state index in [1.54, 1.807) is 24.7 Å². The largest absolute Gasteiger partial charge is 0.481 e. The summed E-state index contributed by atoms with van der Waals surface area (Å²) in [6.07, 6.45) is 6.23. The van der Waals surface area contributed by atoms with Gasteiger partial charge in [-0.3, -0.25) is 14.8 Å². The lowest BCUT2D eigenvalue weighted by molar-refractivity contribution is -0.137. The van der Waals surface area contributed by atoms with Gasteiger partial charge in [0.25, 0.3) is 0 Å². The summed E-state index contributed by atoms with van der Waals surface area (Å²) in [6.45, 7) is 0. The molecule has 1 fully saturated rings. The van der Waals surface area contributed by atoms with Gasteiger partial charge in [-0.25, -0.2) is 8.42 Å². The van der Waals surface area contributed by atoms with Gasteiger partial charge < -0.3 is 5.11 Å². The number of sulfone groups is 1. The molecule has 6 nitrogen and oxygen atoms in total. The zero-order chi connectivity index (χ0) is 20.5. The van der Waals surface area contributed by atoms with Crippen LogP contribution in [-0.4, -0.2) is 35.2 Å². The molecule has 8 heteroatoms. The molecule has 2 aromatic heterocycles. The highest BCUT2D eigenvalue weighted by molar-refractivity contribution is 7.92. The number of thiophene rings is 1. The minimum absolute atomic E-state index is 0.0420. The predicted molar refractivity (Wildman–Crippen MR) is 112 cm³/mol. The molecule has 150 valence electrons. The van der Waals surface area contributed by atoms with E-state index < -0.39 is 20.6 Å². The Morgan fingerprint density at radius 3 is 2.48 bits per heavy atom. The average Bonchev–Trinajstić information content (AvgIpc) is 3.21. The number of carboxylic acids is 1. The van der Waals surface area contributed by atoms with Gasteiger partial charge in [-0.1, -0.05) is 30.7 Å². The SMILES string of the molecule is O=C(O)C[C@]1(c2ccc(-c3ccc(-c4cnccn4)cc3)s2)CCCCS1(=O)=O. The topological polar surface area (TPSA) is 97.2 Å². The highest BCUT2D eigenvalue weighted by atomic mass is 32.2. The summed E-state index contributed by atoms with van der Waals surface area (Å²) in [5, 5.41) is 9.42. The van der Waals surface area contributed by atoms with Crippen molar-refractivity contribution < 1.29 is 18.3 Å². The molecule has 1 N–H and O–H groups in total. The van der Waals surface area contributed by atoms with Gasteiger partial charge >= 0.3 is 5.97 Å². The number of hydrogen-bond donors (Lipinski definition) is 1. The van der Waals surface area contributed by atoms with Crippen molar-refractivity contribution in [1.82, 2.24) is 9.97 Å². The Morgan fingerprint density at radius 1 is 1.07 bits per heavy atom. The van der Waals surface area contributed by atoms with Gasteiger partial charge in [0.05, 0.1) is 24.1 Å². The van der Waals surface area contributed by atoms with Crippen molar-refractivity contribution in [3.8, 4) is 21.7 Å². The molecule has 3 aromatic rings. The fraction of sp³-hybridized carbons (Fsp3) is 0.286. The number of hydrogen-bond acceptors (Lipinski definition) is 6. The lowest BCUT2D eigenvalue weighted by Gasteiger charge is -2.34. The lowest BCUT2D eigenvalue weighted by atomic mass is 9.95. The number of benzene rings is 1. The first kappa shape index (κ1) is 19.7. The Hall–Kier alpha value is -2.58. The van der Waals surface area contributed by atoms with E-state index in [-0.39, 0.29) is 12.2 Å². The monoisotopic (exact) mass is 428 g/mol. The molecule has 0 amide bonds. The van der Waals surface area contributed by atoms with Crippen LogP contribution >= 0.6 is 11.3 Å². The van der Waals surface area contributed by atoms with Crippen molar-refractivity contribution in [1.29, 1.82) is 0 Å². The molecule has 4 rings (SSSR count). The molecule has 1 aliphatic heterocycles. The molecule has 3 heterocycles. The van der Waals surface area contributed by atoms with E-state index in [9.17, 15) is 18.3 Å². The second-order valence-corrected chi connectivity index (χ2v) is 10.7. The Morgan fingerprint density at radius 2 is 1.83 bits per heavy atom. The van der Waals surface area contributed by atoms with Crippen molar-refractivity contribution in [3.05, 3.63) is 59.9 Å². The molecular formula is C21H20N2O4S2. The molecule has 1 atom stereocenters. The van der Waals surface area contributed by atoms with Crippen LogP contribution in [0.15, 0.2) is 55.0 Å². The van der Waals surface area contributed by atoms with Gasteiger partial charge in [0, 0.05) is 27.7 Å². The quantitative estimate of drug-likeness (QED) is 0.656. The number of nitrogens with zero attached hydrogens (tertiary/aromatic N) is 2. The average molecular weight is 429 g/mol. The Balaban J connectivity index is 1.69. The van der Waals surface area contributed by atoms with Gasteiger partial charge in [0.2, 0.25) is 0 Å². The van der Waals surface area contributed by atoms with Crippen molar-refractivity contribution in [2.45, 2.75) is 30.4 Å². The third-order valence-corrected chi connectivity index (χ3v) is 9.41. The van der Waals surface area contributed by atoms with E-state index in [1.807, 2.05) is 30.3 Å². The van der Waals surface area contributed by atoms with Crippen LogP contribution in [0.2, 0.25) is 0 Å². The first-order chi connectivity index (χ1) is 13.9. The number of rotatable bonds is 5. The molecule has 0 bridgehead atoms. The Bertz CT molecular complexity index is 1130. The molecule has 1 aromatic carbocycles. The van der Waals surface area contributed by atoms with Crippen LogP contribution in [0.25, 0.3) is 21.7 Å². The van der Waals surface area contributed by atoms with E-state index >= 15 is 0 Å². The fourth-order valence-electron chi connectivity index (χ4n) is 3.85. The van der Waals surface area contributed by atoms with Crippen LogP contribution < -0.4 is 0 Å². The van der Waals surface area contributed by atoms with Gasteiger partial charge in [-0.2, -0.15) is 0 Å². The van der Waals surface area contributed by atoms with E-state index in [2.05, 4.69) is 9.97 Å². The second kappa shape index (κ2) is 7.68. The second-order valence-electron chi connectivity index (χ2n) is 7.17. The van der Waals surface area contributed by atoms with Crippen LogP contribution in [0.4, 0.5) is 0 Å². The highest BCUT2D eigenvalue weighted by Gasteiger charge is 2.49. The fourth-order valence-corrected chi connectivity index (χ4v) is 7.63.